The Morgan fingerprint density at radius 2 is 1.08 bits per heavy atom. The summed E-state index contributed by atoms with van der Waals surface area (Å²) in [6, 6.07) is 29.4. The van der Waals surface area contributed by atoms with E-state index >= 15 is 0 Å². The fraction of sp³-hybridized carbons (Fsp3) is 0.333. The topological polar surface area (TPSA) is 80.3 Å². The molecule has 0 spiro atoms. The Labute approximate surface area is 217 Å². The molecule has 0 bridgehead atoms. The maximum absolute atomic E-state index is 12.2. The molecule has 1 aliphatic rings. The van der Waals surface area contributed by atoms with Gasteiger partial charge in [0.15, 0.2) is 18.5 Å². The first-order chi connectivity index (χ1) is 17.9. The molecule has 4 rings (SSSR count). The predicted molar refractivity (Wildman–Crippen MR) is 137 cm³/mol. The first kappa shape index (κ1) is 26.5. The SMILES string of the molecule is CO[C@@H]1O[C@@H](C)[C@H](OC(C)=O)[C@@H](OC(c2ccccc2)(c2ccccc2)c2ccccc2)[C@H]1OC(C)=O. The largest absolute Gasteiger partial charge is 0.457 e. The van der Waals surface area contributed by atoms with E-state index in [4.69, 9.17) is 23.7 Å². The third-order valence-electron chi connectivity index (χ3n) is 6.42. The molecule has 7 nitrogen and oxygen atoms in total. The van der Waals surface area contributed by atoms with Crippen LogP contribution < -0.4 is 0 Å². The minimum atomic E-state index is -1.15. The van der Waals surface area contributed by atoms with E-state index in [1.54, 1.807) is 6.92 Å². The summed E-state index contributed by atoms with van der Waals surface area (Å²) in [4.78, 5) is 24.4. The number of methoxy groups -OCH3 is 1. The third-order valence-corrected chi connectivity index (χ3v) is 6.42. The first-order valence-corrected chi connectivity index (χ1v) is 12.2. The van der Waals surface area contributed by atoms with Crippen LogP contribution in [0.3, 0.4) is 0 Å². The number of hydrogen-bond acceptors (Lipinski definition) is 7. The zero-order valence-electron chi connectivity index (χ0n) is 21.4. The number of rotatable bonds is 8. The summed E-state index contributed by atoms with van der Waals surface area (Å²) < 4.78 is 30.1. The highest BCUT2D eigenvalue weighted by atomic mass is 16.7. The van der Waals surface area contributed by atoms with Crippen molar-refractivity contribution in [1.82, 2.24) is 0 Å². The van der Waals surface area contributed by atoms with E-state index in [0.717, 1.165) is 16.7 Å². The molecule has 3 aromatic carbocycles. The van der Waals surface area contributed by atoms with Gasteiger partial charge in [0.05, 0.1) is 6.10 Å². The Hall–Kier alpha value is -3.52. The smallest absolute Gasteiger partial charge is 0.303 e. The van der Waals surface area contributed by atoms with Gasteiger partial charge in [-0.2, -0.15) is 0 Å². The van der Waals surface area contributed by atoms with Gasteiger partial charge in [-0.3, -0.25) is 9.59 Å². The number of esters is 2. The maximum atomic E-state index is 12.2. The molecule has 3 aromatic rings. The molecule has 0 radical (unpaired) electrons. The van der Waals surface area contributed by atoms with Gasteiger partial charge in [-0.25, -0.2) is 0 Å². The highest BCUT2D eigenvalue weighted by Crippen LogP contribution is 2.44. The van der Waals surface area contributed by atoms with Gasteiger partial charge in [0.2, 0.25) is 0 Å². The van der Waals surface area contributed by atoms with E-state index in [0.29, 0.717) is 0 Å². The lowest BCUT2D eigenvalue weighted by Gasteiger charge is -2.48. The van der Waals surface area contributed by atoms with Crippen LogP contribution in [0, 0.1) is 0 Å². The van der Waals surface area contributed by atoms with Crippen LogP contribution in [0.1, 0.15) is 37.5 Å². The minimum Gasteiger partial charge on any atom is -0.457 e. The highest BCUT2D eigenvalue weighted by molar-refractivity contribution is 5.67. The number of carbonyl (C=O) groups is 2. The molecule has 194 valence electrons. The lowest BCUT2D eigenvalue weighted by atomic mass is 9.79. The van der Waals surface area contributed by atoms with Crippen molar-refractivity contribution in [2.75, 3.05) is 7.11 Å². The van der Waals surface area contributed by atoms with Gasteiger partial charge in [-0.15, -0.1) is 0 Å². The van der Waals surface area contributed by atoms with E-state index in [1.807, 2.05) is 91.0 Å². The van der Waals surface area contributed by atoms with Gasteiger partial charge in [0, 0.05) is 21.0 Å². The van der Waals surface area contributed by atoms with Gasteiger partial charge in [0.25, 0.3) is 0 Å². The quantitative estimate of drug-likeness (QED) is 0.327. The zero-order valence-corrected chi connectivity index (χ0v) is 21.4. The molecule has 0 aromatic heterocycles. The van der Waals surface area contributed by atoms with Crippen molar-refractivity contribution in [3.63, 3.8) is 0 Å². The molecule has 1 heterocycles. The summed E-state index contributed by atoms with van der Waals surface area (Å²) in [6.45, 7) is 4.41. The highest BCUT2D eigenvalue weighted by Gasteiger charge is 2.53. The second-order valence-electron chi connectivity index (χ2n) is 8.96. The van der Waals surface area contributed by atoms with Crippen molar-refractivity contribution in [1.29, 1.82) is 0 Å². The standard InChI is InChI=1S/C30H32O7/c1-20-26(35-21(2)31)27(28(36-22(3)32)29(33-4)34-20)37-30(23-14-8-5-9-15-23,24-16-10-6-11-17-24)25-18-12-7-13-19-25/h5-20,26-29H,1-4H3/t20-,26-,27+,28+,29+/m0/s1. The van der Waals surface area contributed by atoms with Gasteiger partial charge < -0.3 is 23.7 Å². The van der Waals surface area contributed by atoms with Crippen LogP contribution in [-0.4, -0.2) is 49.8 Å². The summed E-state index contributed by atoms with van der Waals surface area (Å²) in [5.74, 6) is -1.04. The number of hydrogen-bond donors (Lipinski definition) is 0. The molecular weight excluding hydrogens is 472 g/mol. The van der Waals surface area contributed by atoms with Crippen LogP contribution in [0.2, 0.25) is 0 Å². The molecule has 1 fully saturated rings. The van der Waals surface area contributed by atoms with E-state index in [-0.39, 0.29) is 0 Å². The molecule has 37 heavy (non-hydrogen) atoms. The summed E-state index contributed by atoms with van der Waals surface area (Å²) in [7, 11) is 1.47. The molecule has 0 unspecified atom stereocenters. The Balaban J connectivity index is 1.97. The summed E-state index contributed by atoms with van der Waals surface area (Å²) in [5.41, 5.74) is 1.40. The van der Waals surface area contributed by atoms with Crippen molar-refractivity contribution in [3.8, 4) is 0 Å². The first-order valence-electron chi connectivity index (χ1n) is 12.2. The second kappa shape index (κ2) is 11.7. The number of carbonyl (C=O) groups excluding carboxylic acids is 2. The summed E-state index contributed by atoms with van der Waals surface area (Å²) >= 11 is 0. The normalized spacial score (nSPS) is 23.7. The molecule has 5 atom stereocenters. The monoisotopic (exact) mass is 504 g/mol. The van der Waals surface area contributed by atoms with Crippen LogP contribution in [0.4, 0.5) is 0 Å². The lowest BCUT2D eigenvalue weighted by molar-refractivity contribution is -0.309. The molecule has 0 N–H and O–H groups in total. The van der Waals surface area contributed by atoms with Crippen LogP contribution in [-0.2, 0) is 38.9 Å². The van der Waals surface area contributed by atoms with E-state index in [9.17, 15) is 9.59 Å². The zero-order chi connectivity index (χ0) is 26.4. The molecule has 7 heteroatoms. The van der Waals surface area contributed by atoms with Crippen molar-refractivity contribution in [3.05, 3.63) is 108 Å². The average molecular weight is 505 g/mol. The van der Waals surface area contributed by atoms with E-state index < -0.39 is 48.2 Å². The molecule has 0 amide bonds. The Bertz CT molecular complexity index is 1070. The molecule has 1 saturated heterocycles. The Morgan fingerprint density at radius 1 is 0.676 bits per heavy atom. The minimum absolute atomic E-state index is 0.503. The second-order valence-corrected chi connectivity index (χ2v) is 8.96. The summed E-state index contributed by atoms with van der Waals surface area (Å²) in [6.07, 6.45) is -4.38. The Morgan fingerprint density at radius 3 is 1.46 bits per heavy atom. The van der Waals surface area contributed by atoms with Gasteiger partial charge in [0.1, 0.15) is 11.7 Å². The van der Waals surface area contributed by atoms with Gasteiger partial charge in [-0.05, 0) is 23.6 Å². The number of ether oxygens (including phenoxy) is 5. The average Bonchev–Trinajstić information content (AvgIpc) is 2.91. The van der Waals surface area contributed by atoms with Crippen molar-refractivity contribution < 1.29 is 33.3 Å². The van der Waals surface area contributed by atoms with Crippen LogP contribution in [0.25, 0.3) is 0 Å². The predicted octanol–water partition coefficient (Wildman–Crippen LogP) is 4.62. The molecular formula is C30H32O7. The Kier molecular flexibility index (Phi) is 8.38. The van der Waals surface area contributed by atoms with Gasteiger partial charge in [-0.1, -0.05) is 91.0 Å². The van der Waals surface area contributed by atoms with Crippen LogP contribution in [0.15, 0.2) is 91.0 Å². The fourth-order valence-corrected chi connectivity index (χ4v) is 4.89. The van der Waals surface area contributed by atoms with Crippen molar-refractivity contribution in [2.24, 2.45) is 0 Å². The van der Waals surface area contributed by atoms with Gasteiger partial charge >= 0.3 is 11.9 Å². The van der Waals surface area contributed by atoms with E-state index in [2.05, 4.69) is 0 Å². The van der Waals surface area contributed by atoms with Crippen LogP contribution >= 0.6 is 0 Å². The van der Waals surface area contributed by atoms with Crippen molar-refractivity contribution in [2.45, 2.75) is 57.1 Å². The van der Waals surface area contributed by atoms with E-state index in [1.165, 1.54) is 21.0 Å². The third kappa shape index (κ3) is 5.59. The maximum Gasteiger partial charge on any atom is 0.303 e. The molecule has 0 saturated carbocycles. The molecule has 1 aliphatic heterocycles. The van der Waals surface area contributed by atoms with Crippen LogP contribution in [0.5, 0.6) is 0 Å². The van der Waals surface area contributed by atoms with Crippen molar-refractivity contribution >= 4 is 11.9 Å². The number of benzene rings is 3. The summed E-state index contributed by atoms with van der Waals surface area (Å²) in [5, 5.41) is 0. The fourth-order valence-electron chi connectivity index (χ4n) is 4.89. The lowest BCUT2D eigenvalue weighted by Crippen LogP contribution is -2.62. The molecule has 0 aliphatic carbocycles.